The summed E-state index contributed by atoms with van der Waals surface area (Å²) in [5.41, 5.74) is 8.12. The van der Waals surface area contributed by atoms with Crippen molar-refractivity contribution in [2.45, 2.75) is 121 Å². The van der Waals surface area contributed by atoms with Gasteiger partial charge < -0.3 is 62.3 Å². The van der Waals surface area contributed by atoms with Crippen LogP contribution in [-0.4, -0.2) is 135 Å². The minimum atomic E-state index is -1.31. The number of nitrogens with one attached hydrogen (secondary N) is 8. The zero-order valence-electron chi connectivity index (χ0n) is 40.4. The van der Waals surface area contributed by atoms with E-state index in [1.165, 1.54) is 43.6 Å². The third-order valence-electron chi connectivity index (χ3n) is 12.0. The van der Waals surface area contributed by atoms with Gasteiger partial charge in [-0.05, 0) is 80.7 Å². The highest BCUT2D eigenvalue weighted by atomic mass is 16.5. The number of amides is 8. The lowest BCUT2D eigenvalue weighted by Crippen LogP contribution is -2.58. The smallest absolute Gasteiger partial charge is 0.328 e. The zero-order chi connectivity index (χ0) is 51.6. The second-order valence-corrected chi connectivity index (χ2v) is 18.1. The maximum absolute atomic E-state index is 14.2. The number of carbonyl (C=O) groups excluding carboxylic acids is 9. The summed E-state index contributed by atoms with van der Waals surface area (Å²) in [6, 6.07) is 6.56. The molecule has 3 heterocycles. The van der Waals surface area contributed by atoms with Crippen LogP contribution in [0.2, 0.25) is 0 Å². The summed E-state index contributed by atoms with van der Waals surface area (Å²) in [7, 11) is 1.21. The Morgan fingerprint density at radius 1 is 0.803 bits per heavy atom. The molecule has 6 atom stereocenters. The number of methoxy groups -OCH3 is 1. The molecule has 22 nitrogen and oxygen atoms in total. The first-order valence-electron chi connectivity index (χ1n) is 23.7. The van der Waals surface area contributed by atoms with Gasteiger partial charge >= 0.3 is 5.97 Å². The fourth-order valence-corrected chi connectivity index (χ4v) is 8.16. The molecular weight excluding hydrogens is 919 g/mol. The van der Waals surface area contributed by atoms with Gasteiger partial charge in [0.1, 0.15) is 42.0 Å². The van der Waals surface area contributed by atoms with Crippen molar-refractivity contribution >= 4 is 64.1 Å². The van der Waals surface area contributed by atoms with Gasteiger partial charge in [0.25, 0.3) is 0 Å². The van der Waals surface area contributed by atoms with Crippen molar-refractivity contribution in [2.24, 2.45) is 11.7 Å². The largest absolute Gasteiger partial charge is 0.508 e. The second-order valence-electron chi connectivity index (χ2n) is 18.1. The molecule has 0 spiro atoms. The van der Waals surface area contributed by atoms with E-state index in [1.807, 2.05) is 38.1 Å². The van der Waals surface area contributed by atoms with Gasteiger partial charge in [0.05, 0.1) is 20.0 Å². The van der Waals surface area contributed by atoms with Crippen molar-refractivity contribution in [1.29, 1.82) is 0 Å². The number of primary amides is 1. The Morgan fingerprint density at radius 3 is 2.17 bits per heavy atom. The number of aryl methyl sites for hydroxylation is 1. The number of phenolic OH excluding ortho intramolecular Hbond substituents is 1. The van der Waals surface area contributed by atoms with E-state index >= 15 is 0 Å². The number of imidazole rings is 1. The Morgan fingerprint density at radius 2 is 1.48 bits per heavy atom. The maximum atomic E-state index is 14.2. The molecule has 5 rings (SSSR count). The van der Waals surface area contributed by atoms with Crippen LogP contribution in [0.15, 0.2) is 67.3 Å². The fourth-order valence-electron chi connectivity index (χ4n) is 8.16. The average molecular weight is 984 g/mol. The van der Waals surface area contributed by atoms with E-state index < -0.39 is 96.0 Å². The molecule has 0 radical (unpaired) electrons. The lowest BCUT2D eigenvalue weighted by atomic mass is 10.0. The Labute approximate surface area is 410 Å². The fraction of sp³-hybridized carbons (Fsp3) is 0.469. The summed E-state index contributed by atoms with van der Waals surface area (Å²) in [4.78, 5) is 132. The third kappa shape index (κ3) is 16.7. The number of fused-ring (bicyclic) bond motifs is 1. The number of aromatic amines is 2. The van der Waals surface area contributed by atoms with E-state index in [4.69, 9.17) is 10.5 Å². The van der Waals surface area contributed by atoms with E-state index in [0.717, 1.165) is 16.5 Å². The summed E-state index contributed by atoms with van der Waals surface area (Å²) in [6.07, 6.45) is 5.89. The number of nitrogens with zero attached hydrogens (tertiary/aromatic N) is 2. The quantitative estimate of drug-likeness (QED) is 0.0405. The number of carbonyl (C=O) groups is 9. The molecule has 22 heteroatoms. The molecule has 11 N–H and O–H groups in total. The molecule has 2 aromatic heterocycles. The standard InChI is InChI=1S/C49H65N11O11/c1-28(2)21-40(49(70)71-4)59-47(68)39(23-32-25-51-27-53-32)56-43(64)26-60-20-8-7-11-37(48(60)69)57-44(65)29(3)54-46(67)38(22-31-24-52-35-10-6-5-9-34(31)35)58-45(66)36(17-18-41(50)62)55-42(63)19-14-30-12-15-33(61)16-13-30/h5-6,9-10,12-13,15-16,24-25,27-29,36-40,52,61H,7-8,11,14,17-23,26H2,1-4H3,(H2,50,62)(H,51,53)(H,54,67)(H,55,63)(H,56,64)(H,57,65)(H,58,66)(H,59,68). The molecule has 1 saturated heterocycles. The number of aromatic nitrogens is 3. The molecule has 8 amide bonds. The normalized spacial score (nSPS) is 15.8. The minimum Gasteiger partial charge on any atom is -0.508 e. The van der Waals surface area contributed by atoms with Crippen LogP contribution in [0.3, 0.4) is 0 Å². The molecule has 2 aromatic carbocycles. The lowest BCUT2D eigenvalue weighted by Gasteiger charge is -2.27. The van der Waals surface area contributed by atoms with Crippen LogP contribution < -0.4 is 37.6 Å². The number of H-pyrrole nitrogens is 2. The average Bonchev–Trinajstić information content (AvgIpc) is 3.97. The number of benzene rings is 2. The summed E-state index contributed by atoms with van der Waals surface area (Å²) in [5, 5.41) is 26.5. The summed E-state index contributed by atoms with van der Waals surface area (Å²) >= 11 is 0. The lowest BCUT2D eigenvalue weighted by molar-refractivity contribution is -0.146. The van der Waals surface area contributed by atoms with Crippen molar-refractivity contribution in [3.63, 3.8) is 0 Å². The van der Waals surface area contributed by atoms with Crippen LogP contribution in [-0.2, 0) is 67.2 Å². The Hall–Kier alpha value is -7.78. The number of phenols is 1. The number of nitrogens with two attached hydrogens (primary N) is 1. The van der Waals surface area contributed by atoms with Crippen molar-refractivity contribution < 1.29 is 53.0 Å². The molecule has 0 saturated carbocycles. The maximum Gasteiger partial charge on any atom is 0.328 e. The van der Waals surface area contributed by atoms with Gasteiger partial charge in [0.2, 0.25) is 47.3 Å². The Kier molecular flexibility index (Phi) is 20.0. The van der Waals surface area contributed by atoms with Gasteiger partial charge in [0.15, 0.2) is 0 Å². The van der Waals surface area contributed by atoms with Crippen molar-refractivity contribution in [1.82, 2.24) is 51.8 Å². The molecule has 0 bridgehead atoms. The molecule has 1 aliphatic rings. The summed E-state index contributed by atoms with van der Waals surface area (Å²) < 4.78 is 4.89. The van der Waals surface area contributed by atoms with Crippen LogP contribution in [0.5, 0.6) is 5.75 Å². The zero-order valence-corrected chi connectivity index (χ0v) is 40.4. The molecule has 0 aliphatic carbocycles. The van der Waals surface area contributed by atoms with Crippen LogP contribution in [0, 0.1) is 5.92 Å². The Bertz CT molecular complexity index is 2490. The first kappa shape index (κ1) is 54.2. The second kappa shape index (κ2) is 26.3. The van der Waals surface area contributed by atoms with Gasteiger partial charge in [-0.3, -0.25) is 38.4 Å². The van der Waals surface area contributed by atoms with Gasteiger partial charge in [-0.1, -0.05) is 44.2 Å². The molecule has 4 aromatic rings. The molecule has 382 valence electrons. The van der Waals surface area contributed by atoms with Crippen LogP contribution >= 0.6 is 0 Å². The molecule has 71 heavy (non-hydrogen) atoms. The van der Waals surface area contributed by atoms with Crippen molar-refractivity contribution in [3.8, 4) is 5.75 Å². The Balaban J connectivity index is 1.25. The third-order valence-corrected chi connectivity index (χ3v) is 12.0. The highest BCUT2D eigenvalue weighted by Crippen LogP contribution is 2.20. The van der Waals surface area contributed by atoms with E-state index in [-0.39, 0.29) is 69.6 Å². The number of hydrogen-bond donors (Lipinski definition) is 10. The van der Waals surface area contributed by atoms with Gasteiger partial charge in [-0.2, -0.15) is 0 Å². The topological polar surface area (TPSA) is 329 Å². The molecule has 6 unspecified atom stereocenters. The minimum absolute atomic E-state index is 0.00877. The number of esters is 1. The van der Waals surface area contributed by atoms with Crippen LogP contribution in [0.25, 0.3) is 10.9 Å². The van der Waals surface area contributed by atoms with E-state index in [9.17, 15) is 48.3 Å². The SMILES string of the molecule is COC(=O)C(CC(C)C)NC(=O)C(Cc1cnc[nH]1)NC(=O)CN1CCCCC(NC(=O)C(C)NC(=O)C(Cc2c[nH]c3ccccc23)NC(=O)C(CCC(N)=O)NC(=O)CCc2ccc(O)cc2)C1=O. The summed E-state index contributed by atoms with van der Waals surface area (Å²) in [5.74, 6) is -5.91. The highest BCUT2D eigenvalue weighted by molar-refractivity contribution is 5.97. The first-order valence-corrected chi connectivity index (χ1v) is 23.7. The van der Waals surface area contributed by atoms with Crippen LogP contribution in [0.4, 0.5) is 0 Å². The molecule has 1 aliphatic heterocycles. The van der Waals surface area contributed by atoms with E-state index in [0.29, 0.717) is 24.1 Å². The van der Waals surface area contributed by atoms with E-state index in [2.05, 4.69) is 46.9 Å². The van der Waals surface area contributed by atoms with Crippen molar-refractivity contribution in [3.05, 3.63) is 84.1 Å². The number of hydrogen-bond acceptors (Lipinski definition) is 12. The van der Waals surface area contributed by atoms with Gasteiger partial charge in [-0.15, -0.1) is 0 Å². The van der Waals surface area contributed by atoms with Crippen molar-refractivity contribution in [2.75, 3.05) is 20.2 Å². The molecule has 1 fully saturated rings. The monoisotopic (exact) mass is 983 g/mol. The van der Waals surface area contributed by atoms with Gasteiger partial charge in [-0.25, -0.2) is 9.78 Å². The first-order chi connectivity index (χ1) is 33.9. The summed E-state index contributed by atoms with van der Waals surface area (Å²) in [6.45, 7) is 4.89. The number of ether oxygens (including phenoxy) is 1. The number of aromatic hydroxyl groups is 1. The molecular formula is C49H65N11O11. The predicted molar refractivity (Wildman–Crippen MR) is 258 cm³/mol. The number of rotatable bonds is 25. The predicted octanol–water partition coefficient (Wildman–Crippen LogP) is 0.440. The number of likely N-dealkylation sites (tertiary alicyclic amines) is 1. The number of para-hydroxylation sites is 1. The highest BCUT2D eigenvalue weighted by Gasteiger charge is 2.35. The van der Waals surface area contributed by atoms with Crippen LogP contribution in [0.1, 0.15) is 82.5 Å². The van der Waals surface area contributed by atoms with Gasteiger partial charge in [0, 0.05) is 61.2 Å². The van der Waals surface area contributed by atoms with E-state index in [1.54, 1.807) is 18.3 Å².